The van der Waals surface area contributed by atoms with Crippen LogP contribution in [0.15, 0.2) is 77.9 Å². The summed E-state index contributed by atoms with van der Waals surface area (Å²) in [5.41, 5.74) is 3.83. The normalized spacial score (nSPS) is 15.9. The zero-order chi connectivity index (χ0) is 26.4. The molecule has 0 fully saturated rings. The molecule has 3 aromatic rings. The molecule has 1 aliphatic rings. The molecule has 9 heteroatoms. The van der Waals surface area contributed by atoms with Crippen LogP contribution in [0.5, 0.6) is 0 Å². The molecule has 37 heavy (non-hydrogen) atoms. The van der Waals surface area contributed by atoms with Crippen LogP contribution in [-0.2, 0) is 20.8 Å². The van der Waals surface area contributed by atoms with Crippen molar-refractivity contribution in [3.63, 3.8) is 0 Å². The zero-order valence-corrected chi connectivity index (χ0v) is 21.9. The number of Topliss-reactive ketones (excluding diaryl/α,β-unsaturated/α-hetero) is 1. The number of hydrogen-bond donors (Lipinski definition) is 2. The summed E-state index contributed by atoms with van der Waals surface area (Å²) in [6.07, 6.45) is 2.24. The number of halogens is 1. The lowest BCUT2D eigenvalue weighted by atomic mass is 10.0. The van der Waals surface area contributed by atoms with Gasteiger partial charge in [-0.05, 0) is 42.3 Å². The Hall–Kier alpha value is -3.69. The Bertz CT molecular complexity index is 1330. The van der Waals surface area contributed by atoms with E-state index in [1.165, 1.54) is 4.90 Å². The van der Waals surface area contributed by atoms with Crippen LogP contribution in [0, 0.1) is 0 Å². The highest BCUT2D eigenvalue weighted by Gasteiger charge is 2.35. The van der Waals surface area contributed by atoms with E-state index in [1.54, 1.807) is 36.5 Å². The first-order valence-corrected chi connectivity index (χ1v) is 12.9. The number of amides is 2. The summed E-state index contributed by atoms with van der Waals surface area (Å²) in [5, 5.41) is 12.3. The number of aromatic nitrogens is 1. The monoisotopic (exact) mass is 562 g/mol. The van der Waals surface area contributed by atoms with Gasteiger partial charge in [0.05, 0.1) is 41.5 Å². The van der Waals surface area contributed by atoms with Crippen LogP contribution in [0.1, 0.15) is 30.2 Å². The molecule has 2 amide bonds. The smallest absolute Gasteiger partial charge is 0.252 e. The summed E-state index contributed by atoms with van der Waals surface area (Å²) in [4.78, 5) is 49.3. The topological polar surface area (TPSA) is 112 Å². The molecule has 2 aromatic carbocycles. The second-order valence-electron chi connectivity index (χ2n) is 8.57. The Morgan fingerprint density at radius 3 is 2.62 bits per heavy atom. The standard InChI is InChI=1S/C28H27BrN4O4/c1-2-18-8-7-9-19(14-18)31-26(36)15-23-28(37)33(16-25(35)21(29)17-34)24-12-4-3-10-20(24)27(32-23)22-11-5-6-13-30-22/h3-14,21,23,34H,2,15-17H2,1H3,(H,31,36)/t21-,23+/m1/s1. The largest absolute Gasteiger partial charge is 0.395 e. The maximum absolute atomic E-state index is 13.8. The average Bonchev–Trinajstić information content (AvgIpc) is 3.03. The van der Waals surface area contributed by atoms with E-state index in [0.29, 0.717) is 28.3 Å². The molecule has 0 radical (unpaired) electrons. The minimum atomic E-state index is -1.09. The molecule has 0 bridgehead atoms. The van der Waals surface area contributed by atoms with E-state index in [4.69, 9.17) is 4.99 Å². The number of pyridine rings is 1. The maximum atomic E-state index is 13.8. The van der Waals surface area contributed by atoms with Gasteiger partial charge in [-0.3, -0.25) is 24.4 Å². The van der Waals surface area contributed by atoms with Gasteiger partial charge < -0.3 is 15.3 Å². The van der Waals surface area contributed by atoms with Crippen molar-refractivity contribution in [1.29, 1.82) is 0 Å². The third-order valence-electron chi connectivity index (χ3n) is 6.01. The maximum Gasteiger partial charge on any atom is 0.252 e. The molecule has 8 nitrogen and oxygen atoms in total. The fraction of sp³-hybridized carbons (Fsp3) is 0.250. The molecular weight excluding hydrogens is 536 g/mol. The number of nitrogens with one attached hydrogen (secondary N) is 1. The van der Waals surface area contributed by atoms with Crippen molar-refractivity contribution in [2.45, 2.75) is 30.6 Å². The van der Waals surface area contributed by atoms with Crippen molar-refractivity contribution in [2.24, 2.45) is 4.99 Å². The highest BCUT2D eigenvalue weighted by Crippen LogP contribution is 2.29. The number of aryl methyl sites for hydroxylation is 1. The zero-order valence-electron chi connectivity index (χ0n) is 20.3. The van der Waals surface area contributed by atoms with E-state index >= 15 is 0 Å². The summed E-state index contributed by atoms with van der Waals surface area (Å²) >= 11 is 3.16. The van der Waals surface area contributed by atoms with E-state index in [2.05, 4.69) is 26.2 Å². The first-order chi connectivity index (χ1) is 17.9. The number of benzene rings is 2. The number of alkyl halides is 1. The Morgan fingerprint density at radius 1 is 1.11 bits per heavy atom. The number of aliphatic imine (C=N–C) groups is 1. The summed E-state index contributed by atoms with van der Waals surface area (Å²) < 4.78 is 0. The van der Waals surface area contributed by atoms with Crippen LogP contribution in [0.25, 0.3) is 0 Å². The fourth-order valence-electron chi connectivity index (χ4n) is 4.10. The van der Waals surface area contributed by atoms with Gasteiger partial charge in [-0.15, -0.1) is 0 Å². The highest BCUT2D eigenvalue weighted by atomic mass is 79.9. The van der Waals surface area contributed by atoms with Crippen LogP contribution in [0.3, 0.4) is 0 Å². The molecule has 2 atom stereocenters. The van der Waals surface area contributed by atoms with Crippen molar-refractivity contribution < 1.29 is 19.5 Å². The number of aliphatic hydroxyl groups excluding tert-OH is 1. The fourth-order valence-corrected chi connectivity index (χ4v) is 4.25. The minimum Gasteiger partial charge on any atom is -0.395 e. The van der Waals surface area contributed by atoms with Crippen molar-refractivity contribution in [3.8, 4) is 0 Å². The van der Waals surface area contributed by atoms with E-state index in [1.807, 2.05) is 43.3 Å². The van der Waals surface area contributed by atoms with Gasteiger partial charge in [0.25, 0.3) is 5.91 Å². The first kappa shape index (κ1) is 26.4. The predicted octanol–water partition coefficient (Wildman–Crippen LogP) is 3.55. The van der Waals surface area contributed by atoms with Crippen LogP contribution in [0.2, 0.25) is 0 Å². The van der Waals surface area contributed by atoms with Crippen molar-refractivity contribution >= 4 is 50.6 Å². The Kier molecular flexibility index (Phi) is 8.58. The van der Waals surface area contributed by atoms with Gasteiger partial charge >= 0.3 is 0 Å². The number of aliphatic hydroxyl groups is 1. The van der Waals surface area contributed by atoms with Gasteiger partial charge in [-0.2, -0.15) is 0 Å². The molecule has 0 saturated heterocycles. The van der Waals surface area contributed by atoms with Gasteiger partial charge in [0.15, 0.2) is 5.78 Å². The SMILES string of the molecule is CCc1cccc(NC(=O)C[C@@H]2N=C(c3ccccn3)c3ccccc3N(CC(=O)[C@H](Br)CO)C2=O)c1. The molecule has 1 aromatic heterocycles. The van der Waals surface area contributed by atoms with Crippen LogP contribution in [-0.4, -0.2) is 57.4 Å². The second-order valence-corrected chi connectivity index (χ2v) is 9.68. The third-order valence-corrected chi connectivity index (χ3v) is 6.82. The summed E-state index contributed by atoms with van der Waals surface area (Å²) in [6.45, 7) is 1.34. The Balaban J connectivity index is 1.73. The third kappa shape index (κ3) is 6.18. The summed E-state index contributed by atoms with van der Waals surface area (Å²) in [7, 11) is 0. The van der Waals surface area contributed by atoms with E-state index in [0.717, 1.165) is 12.0 Å². The van der Waals surface area contributed by atoms with Gasteiger partial charge in [0.1, 0.15) is 6.04 Å². The number of ketones is 1. The van der Waals surface area contributed by atoms with Gasteiger partial charge in [-0.25, -0.2) is 0 Å². The molecule has 0 aliphatic carbocycles. The molecule has 0 saturated carbocycles. The van der Waals surface area contributed by atoms with E-state index in [-0.39, 0.29) is 24.7 Å². The molecular formula is C28H27BrN4O4. The number of nitrogens with zero attached hydrogens (tertiary/aromatic N) is 3. The van der Waals surface area contributed by atoms with Gasteiger partial charge in [0.2, 0.25) is 5.91 Å². The Labute approximate surface area is 223 Å². The number of rotatable bonds is 9. The minimum absolute atomic E-state index is 0.220. The summed E-state index contributed by atoms with van der Waals surface area (Å²) in [6, 6.07) is 19.0. The number of anilines is 2. The lowest BCUT2D eigenvalue weighted by molar-refractivity contribution is -0.125. The number of para-hydroxylation sites is 1. The van der Waals surface area contributed by atoms with Crippen LogP contribution < -0.4 is 10.2 Å². The van der Waals surface area contributed by atoms with Crippen molar-refractivity contribution in [2.75, 3.05) is 23.4 Å². The van der Waals surface area contributed by atoms with E-state index < -0.39 is 23.4 Å². The Morgan fingerprint density at radius 2 is 1.89 bits per heavy atom. The number of carbonyl (C=O) groups excluding carboxylic acids is 3. The second kappa shape index (κ2) is 12.0. The lowest BCUT2D eigenvalue weighted by Crippen LogP contribution is -2.44. The molecule has 1 aliphatic heterocycles. The van der Waals surface area contributed by atoms with Crippen LogP contribution in [0.4, 0.5) is 11.4 Å². The average molecular weight is 563 g/mol. The van der Waals surface area contributed by atoms with Gasteiger partial charge in [-0.1, -0.05) is 59.3 Å². The van der Waals surface area contributed by atoms with Gasteiger partial charge in [0, 0.05) is 17.4 Å². The molecule has 190 valence electrons. The number of carbonyl (C=O) groups is 3. The number of hydrogen-bond acceptors (Lipinski definition) is 6. The molecule has 0 spiro atoms. The number of fused-ring (bicyclic) bond motifs is 1. The van der Waals surface area contributed by atoms with Crippen molar-refractivity contribution in [1.82, 2.24) is 4.98 Å². The quantitative estimate of drug-likeness (QED) is 0.387. The lowest BCUT2D eigenvalue weighted by Gasteiger charge is -2.25. The number of benzodiazepines with no additional fused rings is 1. The predicted molar refractivity (Wildman–Crippen MR) is 146 cm³/mol. The molecule has 4 rings (SSSR count). The van der Waals surface area contributed by atoms with E-state index in [9.17, 15) is 19.5 Å². The van der Waals surface area contributed by atoms with Crippen molar-refractivity contribution in [3.05, 3.63) is 89.7 Å². The molecule has 2 heterocycles. The van der Waals surface area contributed by atoms with Crippen LogP contribution >= 0.6 is 15.9 Å². The molecule has 2 N–H and O–H groups in total. The first-order valence-electron chi connectivity index (χ1n) is 12.0. The highest BCUT2D eigenvalue weighted by molar-refractivity contribution is 9.10. The molecule has 0 unspecified atom stereocenters. The summed E-state index contributed by atoms with van der Waals surface area (Å²) in [5.74, 6) is -1.23.